The van der Waals surface area contributed by atoms with Crippen LogP contribution in [0, 0.1) is 0 Å². The van der Waals surface area contributed by atoms with Gasteiger partial charge in [-0.2, -0.15) is 5.10 Å². The van der Waals surface area contributed by atoms with Gasteiger partial charge in [-0.3, -0.25) is 9.80 Å². The van der Waals surface area contributed by atoms with Crippen LogP contribution in [-0.4, -0.2) is 66.9 Å². The molecule has 1 aromatic carbocycles. The average Bonchev–Trinajstić information content (AvgIpc) is 3.19. The molecule has 1 aliphatic heterocycles. The number of ether oxygens (including phenoxy) is 1. The van der Waals surface area contributed by atoms with Gasteiger partial charge < -0.3 is 15.4 Å². The molecule has 0 bridgehead atoms. The number of methoxy groups -OCH3 is 1. The van der Waals surface area contributed by atoms with Crippen molar-refractivity contribution in [3.8, 4) is 5.75 Å². The van der Waals surface area contributed by atoms with E-state index in [9.17, 15) is 4.79 Å². The molecular weight excluding hydrogens is 428 g/mol. The van der Waals surface area contributed by atoms with Gasteiger partial charge in [-0.05, 0) is 43.7 Å². The zero-order valence-corrected chi connectivity index (χ0v) is 19.0. The number of nitrogens with two attached hydrogens (primary N) is 1. The Labute approximate surface area is 193 Å². The van der Waals surface area contributed by atoms with Gasteiger partial charge in [0.1, 0.15) is 5.75 Å². The number of unbranched alkanes of at least 4 members (excludes halogenated alkanes) is 1. The topological polar surface area (TPSA) is 79.3 Å². The number of fused-ring (bicyclic) bond motifs is 1. The van der Waals surface area contributed by atoms with Crippen LogP contribution < -0.4 is 20.3 Å². The molecule has 0 aliphatic carbocycles. The molecule has 2 amide bonds. The maximum Gasteiger partial charge on any atom is 0.319 e. The van der Waals surface area contributed by atoms with Gasteiger partial charge in [-0.25, -0.2) is 9.31 Å². The van der Waals surface area contributed by atoms with E-state index in [4.69, 9.17) is 22.1 Å². The number of amides is 2. The van der Waals surface area contributed by atoms with Gasteiger partial charge in [-0.15, -0.1) is 0 Å². The highest BCUT2D eigenvalue weighted by Crippen LogP contribution is 2.28. The molecule has 0 spiro atoms. The van der Waals surface area contributed by atoms with Gasteiger partial charge in [0.25, 0.3) is 0 Å². The Balaban J connectivity index is 1.26. The van der Waals surface area contributed by atoms with Crippen molar-refractivity contribution in [1.29, 1.82) is 0 Å². The molecule has 0 unspecified atom stereocenters. The smallest absolute Gasteiger partial charge is 0.319 e. The van der Waals surface area contributed by atoms with Gasteiger partial charge in [0, 0.05) is 44.6 Å². The van der Waals surface area contributed by atoms with E-state index >= 15 is 0 Å². The third kappa shape index (κ3) is 4.92. The monoisotopic (exact) mass is 456 g/mol. The van der Waals surface area contributed by atoms with Crippen LogP contribution in [0.25, 0.3) is 5.52 Å². The minimum atomic E-state index is -0.463. The van der Waals surface area contributed by atoms with Gasteiger partial charge in [-0.1, -0.05) is 23.7 Å². The molecule has 3 aromatic rings. The van der Waals surface area contributed by atoms with Gasteiger partial charge in [0.05, 0.1) is 29.5 Å². The molecule has 2 aromatic heterocycles. The summed E-state index contributed by atoms with van der Waals surface area (Å²) in [5, 5.41) is 4.70. The number of piperazine rings is 1. The van der Waals surface area contributed by atoms with Gasteiger partial charge >= 0.3 is 6.03 Å². The highest BCUT2D eigenvalue weighted by atomic mass is 35.5. The number of benzene rings is 1. The maximum atomic E-state index is 12.0. The molecule has 8 nitrogen and oxygen atoms in total. The van der Waals surface area contributed by atoms with Crippen LogP contribution in [-0.2, 0) is 0 Å². The lowest BCUT2D eigenvalue weighted by Crippen LogP contribution is -2.46. The lowest BCUT2D eigenvalue weighted by atomic mass is 10.2. The number of nitrogens with zero attached hydrogens (tertiary/aromatic N) is 5. The van der Waals surface area contributed by atoms with Crippen LogP contribution in [0.2, 0.25) is 5.02 Å². The predicted octanol–water partition coefficient (Wildman–Crippen LogP) is 3.48. The van der Waals surface area contributed by atoms with Crippen molar-refractivity contribution >= 4 is 34.5 Å². The minimum Gasteiger partial charge on any atom is -0.495 e. The summed E-state index contributed by atoms with van der Waals surface area (Å²) < 4.78 is 7.18. The molecule has 4 rings (SSSR count). The highest BCUT2D eigenvalue weighted by molar-refractivity contribution is 6.33. The molecular formula is C23H29ClN6O2. The van der Waals surface area contributed by atoms with Crippen LogP contribution >= 0.6 is 11.6 Å². The van der Waals surface area contributed by atoms with E-state index < -0.39 is 6.03 Å². The molecule has 9 heteroatoms. The Hall–Kier alpha value is -2.97. The first kappa shape index (κ1) is 22.2. The lowest BCUT2D eigenvalue weighted by molar-refractivity contribution is 0.248. The fourth-order valence-electron chi connectivity index (χ4n) is 4.18. The SMILES string of the molecule is COc1ccccc1N1CCN(CCCCN(C(N)=O)c2ccn3ncc(Cl)c3c2)CC1. The third-order valence-corrected chi connectivity index (χ3v) is 6.23. The quantitative estimate of drug-likeness (QED) is 0.525. The molecule has 2 N–H and O–H groups in total. The van der Waals surface area contributed by atoms with Crippen molar-refractivity contribution in [1.82, 2.24) is 14.5 Å². The zero-order valence-electron chi connectivity index (χ0n) is 18.3. The van der Waals surface area contributed by atoms with Crippen LogP contribution in [0.15, 0.2) is 48.8 Å². The van der Waals surface area contributed by atoms with Crippen molar-refractivity contribution in [3.63, 3.8) is 0 Å². The zero-order chi connectivity index (χ0) is 22.5. The number of carbonyl (C=O) groups is 1. The second-order valence-corrected chi connectivity index (χ2v) is 8.31. The fraction of sp³-hybridized carbons (Fsp3) is 0.391. The van der Waals surface area contributed by atoms with E-state index in [0.29, 0.717) is 11.6 Å². The van der Waals surface area contributed by atoms with E-state index in [1.807, 2.05) is 30.3 Å². The first-order chi connectivity index (χ1) is 15.6. The molecule has 0 saturated carbocycles. The summed E-state index contributed by atoms with van der Waals surface area (Å²) in [5.41, 5.74) is 8.29. The molecule has 0 atom stereocenters. The number of hydrogen-bond acceptors (Lipinski definition) is 5. The second kappa shape index (κ2) is 10.1. The highest BCUT2D eigenvalue weighted by Gasteiger charge is 2.19. The largest absolute Gasteiger partial charge is 0.495 e. The maximum absolute atomic E-state index is 12.0. The van der Waals surface area contributed by atoms with Crippen LogP contribution in [0.3, 0.4) is 0 Å². The van der Waals surface area contributed by atoms with Crippen LogP contribution in [0.1, 0.15) is 12.8 Å². The number of anilines is 2. The molecule has 0 radical (unpaired) electrons. The summed E-state index contributed by atoms with van der Waals surface area (Å²) in [6, 6.07) is 11.4. The number of primary amides is 1. The Kier molecular flexibility index (Phi) is 7.02. The number of carbonyl (C=O) groups excluding carboxylic acids is 1. The van der Waals surface area contributed by atoms with Gasteiger partial charge in [0.2, 0.25) is 0 Å². The first-order valence-electron chi connectivity index (χ1n) is 10.9. The Morgan fingerprint density at radius 2 is 1.97 bits per heavy atom. The van der Waals surface area contributed by atoms with Crippen molar-refractivity contribution < 1.29 is 9.53 Å². The van der Waals surface area contributed by atoms with Crippen molar-refractivity contribution in [3.05, 3.63) is 53.8 Å². The summed E-state index contributed by atoms with van der Waals surface area (Å²) in [6.07, 6.45) is 5.23. The number of urea groups is 1. The van der Waals surface area contributed by atoms with E-state index in [-0.39, 0.29) is 0 Å². The van der Waals surface area contributed by atoms with E-state index in [2.05, 4.69) is 21.0 Å². The number of hydrogen-bond donors (Lipinski definition) is 1. The standard InChI is InChI=1S/C23H29ClN6O2/c1-32-22-7-3-2-6-20(22)28-14-12-27(13-15-28)9-4-5-10-29(23(25)31)18-8-11-30-21(16-18)19(24)17-26-30/h2-3,6-8,11,16-17H,4-5,9-10,12-15H2,1H3,(H2,25,31). The molecule has 1 saturated heterocycles. The molecule has 3 heterocycles. The summed E-state index contributed by atoms with van der Waals surface area (Å²) in [4.78, 5) is 18.5. The van der Waals surface area contributed by atoms with E-state index in [1.165, 1.54) is 0 Å². The predicted molar refractivity (Wildman–Crippen MR) is 128 cm³/mol. The first-order valence-corrected chi connectivity index (χ1v) is 11.2. The Morgan fingerprint density at radius 3 is 2.72 bits per heavy atom. The Morgan fingerprint density at radius 1 is 1.19 bits per heavy atom. The number of aromatic nitrogens is 2. The Bertz CT molecular complexity index is 1060. The second-order valence-electron chi connectivity index (χ2n) is 7.90. The van der Waals surface area contributed by atoms with Crippen molar-refractivity contribution in [2.75, 3.05) is 56.2 Å². The lowest BCUT2D eigenvalue weighted by Gasteiger charge is -2.36. The fourth-order valence-corrected chi connectivity index (χ4v) is 4.37. The third-order valence-electron chi connectivity index (χ3n) is 5.94. The minimum absolute atomic E-state index is 0.463. The van der Waals surface area contributed by atoms with E-state index in [1.54, 1.807) is 28.9 Å². The van der Waals surface area contributed by atoms with E-state index in [0.717, 1.165) is 68.2 Å². The van der Waals surface area contributed by atoms with Crippen LogP contribution in [0.5, 0.6) is 5.75 Å². The molecule has 1 fully saturated rings. The summed E-state index contributed by atoms with van der Waals surface area (Å²) in [6.45, 7) is 5.53. The molecule has 170 valence electrons. The number of rotatable bonds is 8. The number of halogens is 1. The van der Waals surface area contributed by atoms with Crippen molar-refractivity contribution in [2.24, 2.45) is 5.73 Å². The summed E-state index contributed by atoms with van der Waals surface area (Å²) in [7, 11) is 1.71. The van der Waals surface area contributed by atoms with Crippen LogP contribution in [0.4, 0.5) is 16.2 Å². The normalized spacial score (nSPS) is 14.6. The van der Waals surface area contributed by atoms with Gasteiger partial charge in [0.15, 0.2) is 0 Å². The number of pyridine rings is 1. The number of para-hydroxylation sites is 2. The van der Waals surface area contributed by atoms with Crippen molar-refractivity contribution in [2.45, 2.75) is 12.8 Å². The summed E-state index contributed by atoms with van der Waals surface area (Å²) in [5.74, 6) is 0.919. The molecule has 32 heavy (non-hydrogen) atoms. The average molecular weight is 457 g/mol. The molecule has 1 aliphatic rings. The summed E-state index contributed by atoms with van der Waals surface area (Å²) >= 11 is 6.17.